The standard InChI is InChI=1S/C49H49F2N6O13PS/c1-48(2,3)41(54-43(61)37-22-29-21-30(14-16-36(29)72-37)49(50,51)71(66,67)68)47(65)56-24-31(23-34(56)45(63)55-19-20-69-35(25-55)27-9-5-4-6-10-27)70-26-39(59)52-18-8-12-28-11-7-13-32-40(28)46(64)57(44(32)62)33-15-17-38(58)53-42(33)60/h4-7,9-11,13-14,16,21-22,31,33-35,41H,15,17-20,23-26H2,1-3H3,(H,52,59)(H,54,61)(H,53,58,60)(H2,66,67,68)/t31-,33?,34-,35?,41+/m0/s1. The van der Waals surface area contributed by atoms with Crippen molar-refractivity contribution in [1.29, 1.82) is 0 Å². The van der Waals surface area contributed by atoms with Crippen molar-refractivity contribution in [3.63, 3.8) is 0 Å². The first-order valence-electron chi connectivity index (χ1n) is 22.8. The summed E-state index contributed by atoms with van der Waals surface area (Å²) in [6, 6.07) is 14.5. The van der Waals surface area contributed by atoms with Crippen LogP contribution in [0.1, 0.15) is 93.2 Å². The summed E-state index contributed by atoms with van der Waals surface area (Å²) in [5, 5.41) is 7.64. The van der Waals surface area contributed by atoms with Gasteiger partial charge in [-0.3, -0.25) is 53.1 Å². The lowest BCUT2D eigenvalue weighted by Gasteiger charge is -2.38. The fourth-order valence-corrected chi connectivity index (χ4v) is 10.4. The second-order valence-corrected chi connectivity index (χ2v) is 21.4. The van der Waals surface area contributed by atoms with Crippen molar-refractivity contribution in [2.75, 3.05) is 39.4 Å². The minimum absolute atomic E-state index is 0.00814. The highest BCUT2D eigenvalue weighted by Gasteiger charge is 2.51. The quantitative estimate of drug-likeness (QED) is 0.0776. The number of ether oxygens (including phenoxy) is 2. The van der Waals surface area contributed by atoms with Gasteiger partial charge in [-0.25, -0.2) is 0 Å². The monoisotopic (exact) mass is 1030 g/mol. The van der Waals surface area contributed by atoms with Crippen LogP contribution in [0.2, 0.25) is 0 Å². The van der Waals surface area contributed by atoms with Crippen molar-refractivity contribution < 1.29 is 71.0 Å². The zero-order valence-electron chi connectivity index (χ0n) is 39.0. The molecule has 3 fully saturated rings. The molecule has 0 spiro atoms. The number of morpholine rings is 1. The van der Waals surface area contributed by atoms with Gasteiger partial charge in [0.1, 0.15) is 30.8 Å². The molecule has 1 aromatic heterocycles. The number of alkyl halides is 2. The summed E-state index contributed by atoms with van der Waals surface area (Å²) in [6.45, 7) is 4.85. The number of hydrogen-bond acceptors (Lipinski definition) is 12. The van der Waals surface area contributed by atoms with Gasteiger partial charge >= 0.3 is 13.3 Å². The Morgan fingerprint density at radius 3 is 2.44 bits per heavy atom. The molecule has 8 amide bonds. The van der Waals surface area contributed by atoms with Gasteiger partial charge in [0, 0.05) is 41.8 Å². The van der Waals surface area contributed by atoms with Crippen LogP contribution in [0.25, 0.3) is 10.1 Å². The van der Waals surface area contributed by atoms with Crippen LogP contribution in [0, 0.1) is 17.3 Å². The highest BCUT2D eigenvalue weighted by molar-refractivity contribution is 7.52. The van der Waals surface area contributed by atoms with Gasteiger partial charge in [-0.15, -0.1) is 11.3 Å². The maximum Gasteiger partial charge on any atom is 0.399 e. The summed E-state index contributed by atoms with van der Waals surface area (Å²) in [6.07, 6.45) is -1.37. The van der Waals surface area contributed by atoms with Gasteiger partial charge in [-0.05, 0) is 53.1 Å². The smallest absolute Gasteiger partial charge is 0.370 e. The lowest BCUT2D eigenvalue weighted by Crippen LogP contribution is -2.58. The largest absolute Gasteiger partial charge is 0.399 e. The van der Waals surface area contributed by atoms with Crippen molar-refractivity contribution in [3.05, 3.63) is 105 Å². The van der Waals surface area contributed by atoms with Crippen LogP contribution in [0.15, 0.2) is 72.8 Å². The van der Waals surface area contributed by atoms with Gasteiger partial charge in [0.25, 0.3) is 17.7 Å². The fourth-order valence-electron chi connectivity index (χ4n) is 9.00. The van der Waals surface area contributed by atoms with Gasteiger partial charge in [-0.1, -0.05) is 75.1 Å². The van der Waals surface area contributed by atoms with E-state index in [2.05, 4.69) is 27.8 Å². The van der Waals surface area contributed by atoms with Crippen LogP contribution in [0.4, 0.5) is 8.78 Å². The van der Waals surface area contributed by atoms with E-state index >= 15 is 0 Å². The first kappa shape index (κ1) is 51.6. The Kier molecular flexibility index (Phi) is 14.6. The van der Waals surface area contributed by atoms with E-state index < -0.39 is 108 Å². The van der Waals surface area contributed by atoms with Crippen LogP contribution < -0.4 is 16.0 Å². The van der Waals surface area contributed by atoms with Crippen LogP contribution in [-0.2, 0) is 43.7 Å². The number of nitrogens with one attached hydrogen (secondary N) is 3. The SMILES string of the molecule is CC(C)(C)[C@H](NC(=O)c1cc2cc(C(F)(F)P(=O)(O)O)ccc2s1)C(=O)N1C[C@@H](OCC(=O)NCC#Cc2cccc3c2C(=O)N(C2CCC(=O)NC2=O)C3=O)C[C@H]1C(=O)N1CCOC(c2ccccc2)C1. The second kappa shape index (κ2) is 20.4. The zero-order chi connectivity index (χ0) is 51.9. The highest BCUT2D eigenvalue weighted by atomic mass is 32.1. The Bertz CT molecular complexity index is 3000. The summed E-state index contributed by atoms with van der Waals surface area (Å²) in [4.78, 5) is 130. The summed E-state index contributed by atoms with van der Waals surface area (Å²) >= 11 is 0.914. The Labute approximate surface area is 414 Å². The summed E-state index contributed by atoms with van der Waals surface area (Å²) in [5.74, 6) is 0.482. The van der Waals surface area contributed by atoms with Gasteiger partial charge < -0.3 is 39.7 Å². The van der Waals surface area contributed by atoms with E-state index in [0.717, 1.165) is 33.9 Å². The van der Waals surface area contributed by atoms with Gasteiger partial charge in [-0.2, -0.15) is 8.78 Å². The molecular weight excluding hydrogens is 982 g/mol. The van der Waals surface area contributed by atoms with Gasteiger partial charge in [0.2, 0.25) is 29.5 Å². The molecule has 0 aliphatic carbocycles. The van der Waals surface area contributed by atoms with E-state index in [0.29, 0.717) is 4.70 Å². The van der Waals surface area contributed by atoms with E-state index in [1.807, 2.05) is 30.3 Å². The number of imide groups is 2. The Morgan fingerprint density at radius 1 is 0.986 bits per heavy atom. The number of carbonyl (C=O) groups is 8. The van der Waals surface area contributed by atoms with Crippen LogP contribution in [0.5, 0.6) is 0 Å². The first-order valence-corrected chi connectivity index (χ1v) is 25.2. The third-order valence-electron chi connectivity index (χ3n) is 12.7. The average Bonchev–Trinajstić information content (AvgIpc) is 4.05. The lowest BCUT2D eigenvalue weighted by molar-refractivity contribution is -0.150. The number of fused-ring (bicyclic) bond motifs is 2. The molecule has 5 heterocycles. The Morgan fingerprint density at radius 2 is 1.74 bits per heavy atom. The van der Waals surface area contributed by atoms with E-state index in [1.54, 1.807) is 25.7 Å². The molecule has 2 unspecified atom stereocenters. The number of rotatable bonds is 12. The molecule has 4 aromatic rings. The van der Waals surface area contributed by atoms with Crippen molar-refractivity contribution in [2.45, 2.75) is 76.0 Å². The third-order valence-corrected chi connectivity index (χ3v) is 14.8. The molecule has 4 aliphatic heterocycles. The first-order chi connectivity index (χ1) is 34.0. The number of piperidine rings is 1. The van der Waals surface area contributed by atoms with Crippen LogP contribution >= 0.6 is 18.9 Å². The van der Waals surface area contributed by atoms with E-state index in [4.69, 9.17) is 9.47 Å². The third kappa shape index (κ3) is 10.6. The Balaban J connectivity index is 0.957. The molecule has 0 saturated carbocycles. The van der Waals surface area contributed by atoms with Crippen LogP contribution in [-0.4, -0.2) is 135 Å². The molecule has 72 heavy (non-hydrogen) atoms. The van der Waals surface area contributed by atoms with Gasteiger partial charge in [0.15, 0.2) is 0 Å². The maximum absolute atomic E-state index is 14.8. The number of thiophene rings is 1. The minimum Gasteiger partial charge on any atom is -0.370 e. The molecular formula is C49H49F2N6O13PS. The normalized spacial score (nSPS) is 21.0. The summed E-state index contributed by atoms with van der Waals surface area (Å²) in [5.41, 5.74) is -5.32. The molecule has 0 radical (unpaired) electrons. The highest BCUT2D eigenvalue weighted by Crippen LogP contribution is 2.59. The topological polar surface area (TPSA) is 258 Å². The molecule has 23 heteroatoms. The molecule has 3 saturated heterocycles. The van der Waals surface area contributed by atoms with E-state index in [9.17, 15) is 61.5 Å². The van der Waals surface area contributed by atoms with Crippen molar-refractivity contribution in [1.82, 2.24) is 30.7 Å². The summed E-state index contributed by atoms with van der Waals surface area (Å²) < 4.78 is 53.1. The Hall–Kier alpha value is -6.73. The molecule has 5 atom stereocenters. The number of nitrogens with zero attached hydrogens (tertiary/aromatic N) is 3. The molecule has 4 aliphatic rings. The molecule has 8 rings (SSSR count). The molecule has 378 valence electrons. The maximum atomic E-state index is 14.8. The lowest BCUT2D eigenvalue weighted by atomic mass is 9.85. The zero-order valence-corrected chi connectivity index (χ0v) is 40.7. The number of benzene rings is 3. The van der Waals surface area contributed by atoms with Crippen molar-refractivity contribution >= 4 is 76.3 Å². The second-order valence-electron chi connectivity index (χ2n) is 18.7. The predicted molar refractivity (Wildman–Crippen MR) is 253 cm³/mol. The van der Waals surface area contributed by atoms with Crippen molar-refractivity contribution in [3.8, 4) is 11.8 Å². The van der Waals surface area contributed by atoms with Crippen LogP contribution in [0.3, 0.4) is 0 Å². The number of halogens is 2. The van der Waals surface area contributed by atoms with E-state index in [-0.39, 0.29) is 79.0 Å². The molecule has 5 N–H and O–H groups in total. The number of hydrogen-bond donors (Lipinski definition) is 5. The van der Waals surface area contributed by atoms with E-state index in [1.165, 1.54) is 35.2 Å². The summed E-state index contributed by atoms with van der Waals surface area (Å²) in [7, 11) is -5.87. The molecule has 19 nitrogen and oxygen atoms in total. The van der Waals surface area contributed by atoms with Crippen molar-refractivity contribution in [2.24, 2.45) is 5.41 Å². The molecule has 3 aromatic carbocycles. The number of likely N-dealkylation sites (tertiary alicyclic amines) is 1. The number of amides is 8. The fraction of sp³-hybridized carbons (Fsp3) is 0.388. The average molecular weight is 1030 g/mol. The van der Waals surface area contributed by atoms with Gasteiger partial charge in [0.05, 0.1) is 41.8 Å². The molecule has 0 bridgehead atoms. The predicted octanol–water partition coefficient (Wildman–Crippen LogP) is 3.43. The number of carbonyl (C=O) groups excluding carboxylic acids is 8. The minimum atomic E-state index is -5.87.